The summed E-state index contributed by atoms with van der Waals surface area (Å²) >= 11 is 0. The Morgan fingerprint density at radius 1 is 0.886 bits per heavy atom. The largest absolute Gasteiger partial charge is 0.378 e. The SMILES string of the molecule is C/C(=C\C=NNc1nc(Nc2cccc3ccccc23)nc(N2CCOCC2)n1)c1ccccc1. The first-order valence-corrected chi connectivity index (χ1v) is 11.6. The molecule has 5 rings (SSSR count). The predicted molar refractivity (Wildman–Crippen MR) is 142 cm³/mol. The van der Waals surface area contributed by atoms with Crippen LogP contribution in [0.3, 0.4) is 0 Å². The lowest BCUT2D eigenvalue weighted by Gasteiger charge is -2.27. The van der Waals surface area contributed by atoms with Gasteiger partial charge in [-0.05, 0) is 35.6 Å². The summed E-state index contributed by atoms with van der Waals surface area (Å²) in [5.74, 6) is 1.40. The fourth-order valence-electron chi connectivity index (χ4n) is 3.87. The summed E-state index contributed by atoms with van der Waals surface area (Å²) < 4.78 is 5.49. The van der Waals surface area contributed by atoms with Gasteiger partial charge < -0.3 is 15.0 Å². The van der Waals surface area contributed by atoms with Crippen molar-refractivity contribution in [1.82, 2.24) is 15.0 Å². The Bertz CT molecular complexity index is 1340. The highest BCUT2D eigenvalue weighted by Crippen LogP contribution is 2.26. The number of fused-ring (bicyclic) bond motifs is 1. The maximum absolute atomic E-state index is 5.49. The molecule has 0 amide bonds. The molecule has 0 bridgehead atoms. The lowest BCUT2D eigenvalue weighted by molar-refractivity contribution is 0.122. The molecule has 0 radical (unpaired) electrons. The van der Waals surface area contributed by atoms with E-state index in [1.165, 1.54) is 0 Å². The third kappa shape index (κ3) is 5.62. The molecule has 35 heavy (non-hydrogen) atoms. The number of aromatic nitrogens is 3. The zero-order valence-corrected chi connectivity index (χ0v) is 19.6. The van der Waals surface area contributed by atoms with Crippen molar-refractivity contribution in [3.8, 4) is 0 Å². The first-order valence-electron chi connectivity index (χ1n) is 11.6. The molecule has 1 aliphatic heterocycles. The molecule has 1 fully saturated rings. The van der Waals surface area contributed by atoms with E-state index in [9.17, 15) is 0 Å². The zero-order chi connectivity index (χ0) is 23.9. The number of nitrogens with one attached hydrogen (secondary N) is 2. The van der Waals surface area contributed by atoms with Crippen molar-refractivity contribution in [3.63, 3.8) is 0 Å². The van der Waals surface area contributed by atoms with Crippen molar-refractivity contribution in [1.29, 1.82) is 0 Å². The molecule has 0 unspecified atom stereocenters. The average Bonchev–Trinajstić information content (AvgIpc) is 2.92. The minimum Gasteiger partial charge on any atom is -0.378 e. The molecule has 8 heteroatoms. The summed E-state index contributed by atoms with van der Waals surface area (Å²) in [6, 6.07) is 24.5. The zero-order valence-electron chi connectivity index (χ0n) is 19.6. The van der Waals surface area contributed by atoms with Crippen molar-refractivity contribution in [2.45, 2.75) is 6.92 Å². The lowest BCUT2D eigenvalue weighted by atomic mass is 10.1. The summed E-state index contributed by atoms with van der Waals surface area (Å²) in [6.45, 7) is 4.77. The maximum Gasteiger partial charge on any atom is 0.250 e. The van der Waals surface area contributed by atoms with Gasteiger partial charge in [-0.25, -0.2) is 5.43 Å². The standard InChI is InChI=1S/C27H27N7O/c1-20(21-8-3-2-4-9-21)14-15-28-33-26-30-25(31-27(32-26)34-16-18-35-19-17-34)29-24-13-7-11-22-10-5-6-12-23(22)24/h2-15H,16-19H2,1H3,(H2,29,30,31,32,33)/b20-14+,28-15?. The van der Waals surface area contributed by atoms with E-state index in [4.69, 9.17) is 4.74 Å². The molecule has 0 saturated carbocycles. The fraction of sp³-hybridized carbons (Fsp3) is 0.185. The second-order valence-corrected chi connectivity index (χ2v) is 8.14. The van der Waals surface area contributed by atoms with Crippen LogP contribution in [0.15, 0.2) is 84.0 Å². The Balaban J connectivity index is 1.40. The quantitative estimate of drug-likeness (QED) is 0.290. The van der Waals surface area contributed by atoms with Gasteiger partial charge in [0.05, 0.1) is 13.2 Å². The van der Waals surface area contributed by atoms with Crippen LogP contribution in [-0.4, -0.2) is 47.5 Å². The molecule has 2 N–H and O–H groups in total. The number of allylic oxidation sites excluding steroid dienone is 2. The molecular weight excluding hydrogens is 438 g/mol. The number of nitrogens with zero attached hydrogens (tertiary/aromatic N) is 5. The Morgan fingerprint density at radius 3 is 2.49 bits per heavy atom. The van der Waals surface area contributed by atoms with Gasteiger partial charge in [0, 0.05) is 30.4 Å². The summed E-state index contributed by atoms with van der Waals surface area (Å²) in [5, 5.41) is 9.93. The predicted octanol–water partition coefficient (Wildman–Crippen LogP) is 5.11. The van der Waals surface area contributed by atoms with E-state index in [0.29, 0.717) is 31.1 Å². The van der Waals surface area contributed by atoms with Gasteiger partial charge in [0.25, 0.3) is 0 Å². The molecule has 176 valence electrons. The van der Waals surface area contributed by atoms with Crippen LogP contribution in [0.4, 0.5) is 23.5 Å². The van der Waals surface area contributed by atoms with Crippen molar-refractivity contribution in [2.75, 3.05) is 41.9 Å². The van der Waals surface area contributed by atoms with E-state index in [-0.39, 0.29) is 0 Å². The second kappa shape index (κ2) is 10.8. The highest BCUT2D eigenvalue weighted by Gasteiger charge is 2.17. The summed E-state index contributed by atoms with van der Waals surface area (Å²) in [5.41, 5.74) is 6.15. The fourth-order valence-corrected chi connectivity index (χ4v) is 3.87. The van der Waals surface area contributed by atoms with E-state index in [1.807, 2.05) is 55.5 Å². The number of morpholine rings is 1. The van der Waals surface area contributed by atoms with Gasteiger partial charge in [-0.1, -0.05) is 66.7 Å². The van der Waals surface area contributed by atoms with Crippen molar-refractivity contribution >= 4 is 46.1 Å². The topological polar surface area (TPSA) is 87.6 Å². The van der Waals surface area contributed by atoms with Crippen LogP contribution in [0.2, 0.25) is 0 Å². The van der Waals surface area contributed by atoms with E-state index in [0.717, 1.165) is 40.7 Å². The van der Waals surface area contributed by atoms with Crippen LogP contribution in [0.5, 0.6) is 0 Å². The molecule has 8 nitrogen and oxygen atoms in total. The summed E-state index contributed by atoms with van der Waals surface area (Å²) in [6.07, 6.45) is 3.65. The number of benzene rings is 3. The number of rotatable bonds is 7. The highest BCUT2D eigenvalue weighted by atomic mass is 16.5. The smallest absolute Gasteiger partial charge is 0.250 e. The summed E-state index contributed by atoms with van der Waals surface area (Å²) in [4.78, 5) is 15.9. The molecule has 2 heterocycles. The Kier molecular flexibility index (Phi) is 6.91. The molecule has 3 aromatic carbocycles. The van der Waals surface area contributed by atoms with Crippen LogP contribution in [0.25, 0.3) is 16.3 Å². The van der Waals surface area contributed by atoms with Crippen molar-refractivity contribution in [2.24, 2.45) is 5.10 Å². The van der Waals surface area contributed by atoms with E-state index in [2.05, 4.69) is 66.0 Å². The minimum absolute atomic E-state index is 0.367. The Labute approximate surface area is 204 Å². The van der Waals surface area contributed by atoms with Gasteiger partial charge in [-0.15, -0.1) is 0 Å². The molecular formula is C27H27N7O. The van der Waals surface area contributed by atoms with E-state index >= 15 is 0 Å². The first-order chi connectivity index (χ1) is 17.3. The number of ether oxygens (including phenoxy) is 1. The van der Waals surface area contributed by atoms with E-state index in [1.54, 1.807) is 6.21 Å². The van der Waals surface area contributed by atoms with Gasteiger partial charge in [0.15, 0.2) is 0 Å². The first kappa shape index (κ1) is 22.5. The van der Waals surface area contributed by atoms with Crippen molar-refractivity contribution in [3.05, 3.63) is 84.4 Å². The maximum atomic E-state index is 5.49. The molecule has 1 aliphatic rings. The average molecular weight is 466 g/mol. The van der Waals surface area contributed by atoms with E-state index < -0.39 is 0 Å². The van der Waals surface area contributed by atoms with Gasteiger partial charge in [0.1, 0.15) is 0 Å². The Hall–Kier alpha value is -4.30. The van der Waals surface area contributed by atoms with Crippen LogP contribution in [0, 0.1) is 0 Å². The third-order valence-electron chi connectivity index (χ3n) is 5.75. The Morgan fingerprint density at radius 2 is 1.63 bits per heavy atom. The van der Waals surface area contributed by atoms with Crippen LogP contribution in [-0.2, 0) is 4.74 Å². The molecule has 1 saturated heterocycles. The monoisotopic (exact) mass is 465 g/mol. The molecule has 0 atom stereocenters. The number of hydrazone groups is 1. The number of anilines is 4. The van der Waals surface area contributed by atoms with Crippen LogP contribution in [0.1, 0.15) is 12.5 Å². The summed E-state index contributed by atoms with van der Waals surface area (Å²) in [7, 11) is 0. The molecule has 0 aliphatic carbocycles. The van der Waals surface area contributed by atoms with Gasteiger partial charge in [0.2, 0.25) is 17.8 Å². The van der Waals surface area contributed by atoms with Gasteiger partial charge >= 0.3 is 0 Å². The number of hydrogen-bond donors (Lipinski definition) is 2. The van der Waals surface area contributed by atoms with Crippen LogP contribution < -0.4 is 15.6 Å². The second-order valence-electron chi connectivity index (χ2n) is 8.14. The van der Waals surface area contributed by atoms with Crippen LogP contribution >= 0.6 is 0 Å². The van der Waals surface area contributed by atoms with Crippen molar-refractivity contribution < 1.29 is 4.74 Å². The lowest BCUT2D eigenvalue weighted by Crippen LogP contribution is -2.37. The molecule has 1 aromatic heterocycles. The molecule has 4 aromatic rings. The normalized spacial score (nSPS) is 14.4. The highest BCUT2D eigenvalue weighted by molar-refractivity contribution is 5.95. The minimum atomic E-state index is 0.367. The third-order valence-corrected chi connectivity index (χ3v) is 5.75. The number of hydrogen-bond acceptors (Lipinski definition) is 8. The van der Waals surface area contributed by atoms with Gasteiger partial charge in [-0.2, -0.15) is 20.1 Å². The van der Waals surface area contributed by atoms with Gasteiger partial charge in [-0.3, -0.25) is 0 Å². The molecule has 0 spiro atoms.